The molecule has 0 radical (unpaired) electrons. The van der Waals surface area contributed by atoms with Crippen molar-refractivity contribution < 1.29 is 29.4 Å². The second-order valence-electron chi connectivity index (χ2n) is 9.12. The van der Waals surface area contributed by atoms with Gasteiger partial charge in [-0.05, 0) is 36.0 Å². The number of carbonyl (C=O) groups is 4. The van der Waals surface area contributed by atoms with Crippen molar-refractivity contribution in [3.8, 4) is 5.75 Å². The van der Waals surface area contributed by atoms with Crippen molar-refractivity contribution in [2.24, 2.45) is 17.6 Å². The van der Waals surface area contributed by atoms with E-state index in [0.717, 1.165) is 0 Å². The van der Waals surface area contributed by atoms with Crippen molar-refractivity contribution in [3.63, 3.8) is 0 Å². The monoisotopic (exact) mass is 510 g/mol. The second kappa shape index (κ2) is 14.6. The minimum absolute atomic E-state index is 0.00861. The molecule has 196 valence electrons. The van der Waals surface area contributed by atoms with Crippen LogP contribution in [0.5, 0.6) is 5.75 Å². The van der Waals surface area contributed by atoms with E-state index < -0.39 is 47.9 Å². The van der Waals surface area contributed by atoms with Gasteiger partial charge in [-0.15, -0.1) is 0 Å². The van der Waals surface area contributed by atoms with E-state index in [1.807, 2.05) is 27.7 Å². The number of carboxylic acid groups (broad SMARTS) is 1. The first-order valence-electron chi connectivity index (χ1n) is 11.7. The predicted molar refractivity (Wildman–Crippen MR) is 136 cm³/mol. The number of benzene rings is 1. The molecule has 0 heterocycles. The molecule has 0 bridgehead atoms. The van der Waals surface area contributed by atoms with Crippen LogP contribution in [0.1, 0.15) is 46.1 Å². The number of nitrogens with two attached hydrogens (primary N) is 1. The van der Waals surface area contributed by atoms with Gasteiger partial charge in [0.15, 0.2) is 0 Å². The number of carboxylic acids is 1. The molecule has 0 aromatic heterocycles. The minimum atomic E-state index is -1.24. The predicted octanol–water partition coefficient (Wildman–Crippen LogP) is 0.823. The number of amides is 3. The van der Waals surface area contributed by atoms with Crippen molar-refractivity contribution in [2.45, 2.75) is 71.1 Å². The topological polar surface area (TPSA) is 171 Å². The summed E-state index contributed by atoms with van der Waals surface area (Å²) in [7, 11) is 0. The highest BCUT2D eigenvalue weighted by atomic mass is 32.1. The molecule has 0 aliphatic heterocycles. The van der Waals surface area contributed by atoms with Crippen molar-refractivity contribution in [3.05, 3.63) is 29.8 Å². The molecule has 1 aromatic rings. The highest BCUT2D eigenvalue weighted by Crippen LogP contribution is 2.13. The maximum absolute atomic E-state index is 13.3. The molecule has 3 amide bonds. The van der Waals surface area contributed by atoms with Crippen LogP contribution in [0, 0.1) is 11.8 Å². The summed E-state index contributed by atoms with van der Waals surface area (Å²) in [5.41, 5.74) is 6.72. The Hall–Kier alpha value is -2.79. The number of carbonyl (C=O) groups excluding carboxylic acids is 3. The summed E-state index contributed by atoms with van der Waals surface area (Å²) in [6, 6.07) is 2.08. The average molecular weight is 511 g/mol. The quantitative estimate of drug-likeness (QED) is 0.182. The summed E-state index contributed by atoms with van der Waals surface area (Å²) in [6.07, 6.45) is 1.02. The number of phenols is 1. The Kier molecular flexibility index (Phi) is 12.6. The molecule has 0 aliphatic rings. The van der Waals surface area contributed by atoms with Gasteiger partial charge < -0.3 is 31.9 Å². The lowest BCUT2D eigenvalue weighted by Gasteiger charge is -2.26. The summed E-state index contributed by atoms with van der Waals surface area (Å²) >= 11 is 3.95. The molecule has 0 saturated carbocycles. The third-order valence-corrected chi connectivity index (χ3v) is 6.07. The highest BCUT2D eigenvalue weighted by molar-refractivity contribution is 7.80. The zero-order valence-electron chi connectivity index (χ0n) is 20.7. The minimum Gasteiger partial charge on any atom is -0.508 e. The zero-order chi connectivity index (χ0) is 26.7. The van der Waals surface area contributed by atoms with Gasteiger partial charge in [-0.25, -0.2) is 4.79 Å². The third-order valence-electron chi connectivity index (χ3n) is 5.71. The van der Waals surface area contributed by atoms with Crippen LogP contribution >= 0.6 is 12.6 Å². The van der Waals surface area contributed by atoms with Gasteiger partial charge in [0.25, 0.3) is 0 Å². The van der Waals surface area contributed by atoms with Crippen LogP contribution < -0.4 is 21.7 Å². The van der Waals surface area contributed by atoms with Crippen LogP contribution in [0.2, 0.25) is 0 Å². The Morgan fingerprint density at radius 2 is 1.43 bits per heavy atom. The summed E-state index contributed by atoms with van der Waals surface area (Å²) in [5.74, 6) is -3.15. The molecule has 0 saturated heterocycles. The van der Waals surface area contributed by atoms with E-state index >= 15 is 0 Å². The van der Waals surface area contributed by atoms with Crippen molar-refractivity contribution in [1.82, 2.24) is 16.0 Å². The number of hydrogen-bond acceptors (Lipinski definition) is 7. The molecule has 5 atom stereocenters. The van der Waals surface area contributed by atoms with Crippen LogP contribution in [-0.4, -0.2) is 63.8 Å². The molecule has 11 heteroatoms. The largest absolute Gasteiger partial charge is 0.508 e. The fourth-order valence-electron chi connectivity index (χ4n) is 3.29. The fourth-order valence-corrected chi connectivity index (χ4v) is 3.54. The number of hydrogen-bond donors (Lipinski definition) is 7. The standard InChI is InChI=1S/C24H38N4O6S/c1-5-14(4)20(25)23(32)27-18(11-15-6-8-16(29)9-7-15)22(31)26-17(10-13(2)3)21(30)28-19(12-35)24(33)34/h6-9,13-14,17-20,29,35H,5,10-12,25H2,1-4H3,(H,26,31)(H,27,32)(H,28,30)(H,33,34). The molecule has 1 rings (SSSR count). The number of thiol groups is 1. The van der Waals surface area contributed by atoms with Gasteiger partial charge in [0.2, 0.25) is 17.7 Å². The van der Waals surface area contributed by atoms with Gasteiger partial charge in [-0.2, -0.15) is 12.6 Å². The molecule has 7 N–H and O–H groups in total. The number of nitrogens with one attached hydrogen (secondary N) is 3. The zero-order valence-corrected chi connectivity index (χ0v) is 21.5. The van der Waals surface area contributed by atoms with Crippen molar-refractivity contribution in [1.29, 1.82) is 0 Å². The fraction of sp³-hybridized carbons (Fsp3) is 0.583. The lowest BCUT2D eigenvalue weighted by atomic mass is 9.97. The Bertz CT molecular complexity index is 864. The van der Waals surface area contributed by atoms with Gasteiger partial charge in [0.05, 0.1) is 6.04 Å². The molecule has 1 aromatic carbocycles. The van der Waals surface area contributed by atoms with Crippen LogP contribution in [0.4, 0.5) is 0 Å². The van der Waals surface area contributed by atoms with E-state index in [0.29, 0.717) is 12.0 Å². The van der Waals surface area contributed by atoms with E-state index in [9.17, 15) is 29.4 Å². The molecule has 0 aliphatic carbocycles. The summed E-state index contributed by atoms with van der Waals surface area (Å²) in [4.78, 5) is 50.1. The first-order chi connectivity index (χ1) is 16.4. The first-order valence-corrected chi connectivity index (χ1v) is 12.3. The van der Waals surface area contributed by atoms with Crippen LogP contribution in [-0.2, 0) is 25.6 Å². The highest BCUT2D eigenvalue weighted by Gasteiger charge is 2.31. The van der Waals surface area contributed by atoms with Crippen LogP contribution in [0.3, 0.4) is 0 Å². The van der Waals surface area contributed by atoms with Crippen molar-refractivity contribution >= 4 is 36.3 Å². The third kappa shape index (κ3) is 10.2. The lowest BCUT2D eigenvalue weighted by molar-refractivity contribution is -0.141. The summed E-state index contributed by atoms with van der Waals surface area (Å²) in [6.45, 7) is 7.46. The van der Waals surface area contributed by atoms with Gasteiger partial charge in [0, 0.05) is 12.2 Å². The molecular formula is C24H38N4O6S. The smallest absolute Gasteiger partial charge is 0.327 e. The number of phenolic OH excluding ortho intramolecular Hbond substituents is 1. The normalized spacial score (nSPS) is 15.4. The molecule has 5 unspecified atom stereocenters. The van der Waals surface area contributed by atoms with E-state index in [1.165, 1.54) is 12.1 Å². The summed E-state index contributed by atoms with van der Waals surface area (Å²) < 4.78 is 0. The van der Waals surface area contributed by atoms with Crippen LogP contribution in [0.25, 0.3) is 0 Å². The second-order valence-corrected chi connectivity index (χ2v) is 9.48. The van der Waals surface area contributed by atoms with Crippen molar-refractivity contribution in [2.75, 3.05) is 5.75 Å². The molecule has 0 spiro atoms. The van der Waals surface area contributed by atoms with Gasteiger partial charge >= 0.3 is 5.97 Å². The Balaban J connectivity index is 3.13. The van der Waals surface area contributed by atoms with Crippen LogP contribution in [0.15, 0.2) is 24.3 Å². The van der Waals surface area contributed by atoms with E-state index in [2.05, 4.69) is 28.6 Å². The maximum atomic E-state index is 13.3. The van der Waals surface area contributed by atoms with E-state index in [1.54, 1.807) is 12.1 Å². The number of aromatic hydroxyl groups is 1. The molecular weight excluding hydrogens is 472 g/mol. The summed E-state index contributed by atoms with van der Waals surface area (Å²) in [5, 5.41) is 26.5. The maximum Gasteiger partial charge on any atom is 0.327 e. The number of aliphatic carboxylic acids is 1. The Labute approximate surface area is 211 Å². The first kappa shape index (κ1) is 30.2. The van der Waals surface area contributed by atoms with E-state index in [4.69, 9.17) is 5.73 Å². The van der Waals surface area contributed by atoms with Gasteiger partial charge in [0.1, 0.15) is 23.9 Å². The SMILES string of the molecule is CCC(C)C(N)C(=O)NC(Cc1ccc(O)cc1)C(=O)NC(CC(C)C)C(=O)NC(CS)C(=O)O. The Morgan fingerprint density at radius 1 is 0.914 bits per heavy atom. The van der Waals surface area contributed by atoms with Gasteiger partial charge in [-0.3, -0.25) is 14.4 Å². The molecule has 0 fully saturated rings. The molecule has 35 heavy (non-hydrogen) atoms. The lowest BCUT2D eigenvalue weighted by Crippen LogP contribution is -2.58. The Morgan fingerprint density at radius 3 is 1.91 bits per heavy atom. The van der Waals surface area contributed by atoms with Gasteiger partial charge in [-0.1, -0.05) is 46.2 Å². The van der Waals surface area contributed by atoms with E-state index in [-0.39, 0.29) is 36.2 Å². The number of rotatable bonds is 14. The molecule has 10 nitrogen and oxygen atoms in total. The average Bonchev–Trinajstić information content (AvgIpc) is 2.80.